The van der Waals surface area contributed by atoms with Crippen molar-refractivity contribution in [3.05, 3.63) is 89.5 Å². The Balaban J connectivity index is 2.04. The molecule has 0 bridgehead atoms. The molecule has 9 heteroatoms. The zero-order valence-corrected chi connectivity index (χ0v) is 24.0. The number of hydrogen-bond acceptors (Lipinski definition) is 5. The molecule has 208 valence electrons. The molecule has 0 heterocycles. The van der Waals surface area contributed by atoms with Gasteiger partial charge in [0.25, 0.3) is 10.0 Å². The Morgan fingerprint density at radius 2 is 1.62 bits per heavy atom. The summed E-state index contributed by atoms with van der Waals surface area (Å²) in [6, 6.07) is 19.8. The topological polar surface area (TPSA) is 96.0 Å². The molecule has 0 radical (unpaired) electrons. The van der Waals surface area contributed by atoms with Gasteiger partial charge >= 0.3 is 0 Å². The molecule has 39 heavy (non-hydrogen) atoms. The van der Waals surface area contributed by atoms with E-state index in [1.165, 1.54) is 17.0 Å². The zero-order chi connectivity index (χ0) is 28.6. The lowest BCUT2D eigenvalue weighted by atomic mass is 10.1. The normalized spacial score (nSPS) is 11.9. The van der Waals surface area contributed by atoms with Gasteiger partial charge in [-0.25, -0.2) is 8.42 Å². The van der Waals surface area contributed by atoms with Crippen LogP contribution in [-0.2, 0) is 26.2 Å². The van der Waals surface area contributed by atoms with E-state index >= 15 is 0 Å². The molecular formula is C30H37N3O5S. The Kier molecular flexibility index (Phi) is 10.1. The maximum absolute atomic E-state index is 14.0. The van der Waals surface area contributed by atoms with Gasteiger partial charge in [-0.2, -0.15) is 0 Å². The maximum atomic E-state index is 14.0. The minimum atomic E-state index is -4.10. The van der Waals surface area contributed by atoms with Gasteiger partial charge in [-0.1, -0.05) is 49.4 Å². The number of sulfonamides is 1. The number of rotatable bonds is 12. The Morgan fingerprint density at radius 3 is 2.23 bits per heavy atom. The van der Waals surface area contributed by atoms with Crippen molar-refractivity contribution in [3.63, 3.8) is 0 Å². The molecular weight excluding hydrogens is 514 g/mol. The Morgan fingerprint density at radius 1 is 0.949 bits per heavy atom. The summed E-state index contributed by atoms with van der Waals surface area (Å²) in [6.45, 7) is 7.45. The van der Waals surface area contributed by atoms with Crippen LogP contribution >= 0.6 is 0 Å². The van der Waals surface area contributed by atoms with E-state index in [4.69, 9.17) is 4.74 Å². The van der Waals surface area contributed by atoms with Gasteiger partial charge in [0.2, 0.25) is 11.8 Å². The lowest BCUT2D eigenvalue weighted by Crippen LogP contribution is -2.51. The molecule has 0 fully saturated rings. The largest absolute Gasteiger partial charge is 0.497 e. The lowest BCUT2D eigenvalue weighted by molar-refractivity contribution is -0.139. The average molecular weight is 552 g/mol. The van der Waals surface area contributed by atoms with Gasteiger partial charge in [-0.15, -0.1) is 0 Å². The van der Waals surface area contributed by atoms with Gasteiger partial charge in [0, 0.05) is 13.1 Å². The third-order valence-electron chi connectivity index (χ3n) is 6.68. The number of carbonyl (C=O) groups is 2. The summed E-state index contributed by atoms with van der Waals surface area (Å²) >= 11 is 0. The van der Waals surface area contributed by atoms with Crippen LogP contribution in [0.2, 0.25) is 0 Å². The summed E-state index contributed by atoms with van der Waals surface area (Å²) in [5.74, 6) is -0.131. The van der Waals surface area contributed by atoms with Gasteiger partial charge < -0.3 is 15.0 Å². The Hall–Kier alpha value is -3.85. The van der Waals surface area contributed by atoms with Crippen molar-refractivity contribution in [2.75, 3.05) is 24.5 Å². The first-order valence-corrected chi connectivity index (χ1v) is 14.4. The van der Waals surface area contributed by atoms with Gasteiger partial charge in [-0.05, 0) is 74.2 Å². The van der Waals surface area contributed by atoms with Crippen molar-refractivity contribution in [1.29, 1.82) is 0 Å². The van der Waals surface area contributed by atoms with Crippen molar-refractivity contribution < 1.29 is 22.7 Å². The minimum absolute atomic E-state index is 0.0779. The number of methoxy groups -OCH3 is 1. The number of anilines is 1. The summed E-state index contributed by atoms with van der Waals surface area (Å²) < 4.78 is 34.2. The fourth-order valence-corrected chi connectivity index (χ4v) is 5.64. The highest BCUT2D eigenvalue weighted by Crippen LogP contribution is 2.29. The summed E-state index contributed by atoms with van der Waals surface area (Å²) in [5.41, 5.74) is 2.85. The molecule has 3 rings (SSSR count). The van der Waals surface area contributed by atoms with Gasteiger partial charge in [0.05, 0.1) is 17.7 Å². The number of hydrogen-bond donors (Lipinski definition) is 1. The summed E-state index contributed by atoms with van der Waals surface area (Å²) in [7, 11) is -2.53. The van der Waals surface area contributed by atoms with E-state index in [1.54, 1.807) is 56.5 Å². The summed E-state index contributed by atoms with van der Waals surface area (Å²) in [6.07, 6.45) is 0.751. The Bertz CT molecular complexity index is 1380. The minimum Gasteiger partial charge on any atom is -0.497 e. The van der Waals surface area contributed by atoms with E-state index in [0.29, 0.717) is 18.0 Å². The van der Waals surface area contributed by atoms with Crippen LogP contribution in [0.4, 0.5) is 5.69 Å². The predicted octanol–water partition coefficient (Wildman–Crippen LogP) is 4.45. The average Bonchev–Trinajstić information content (AvgIpc) is 2.95. The maximum Gasteiger partial charge on any atom is 0.264 e. The second-order valence-electron chi connectivity index (χ2n) is 9.38. The summed E-state index contributed by atoms with van der Waals surface area (Å²) in [5, 5.41) is 2.84. The first-order chi connectivity index (χ1) is 18.6. The third kappa shape index (κ3) is 7.17. The standard InChI is InChI=1S/C30H37N3O5S/c1-6-19-31-30(35)24(4)32(20-25-15-17-26(38-5)18-16-25)29(34)21-33(28-14-10-11-22(2)23(28)3)39(36,37)27-12-8-7-9-13-27/h7-18,24H,6,19-21H2,1-5H3,(H,31,35). The van der Waals surface area contributed by atoms with Crippen molar-refractivity contribution in [2.45, 2.75) is 51.6 Å². The number of aryl methyl sites for hydroxylation is 1. The molecule has 3 aromatic carbocycles. The number of carbonyl (C=O) groups excluding carboxylic acids is 2. The SMILES string of the molecule is CCCNC(=O)C(C)N(Cc1ccc(OC)cc1)C(=O)CN(c1cccc(C)c1C)S(=O)(=O)c1ccccc1. The van der Waals surface area contributed by atoms with Crippen molar-refractivity contribution in [1.82, 2.24) is 10.2 Å². The molecule has 0 saturated heterocycles. The highest BCUT2D eigenvalue weighted by molar-refractivity contribution is 7.92. The Labute approximate surface area is 231 Å². The van der Waals surface area contributed by atoms with E-state index in [1.807, 2.05) is 39.0 Å². The van der Waals surface area contributed by atoms with E-state index in [9.17, 15) is 18.0 Å². The predicted molar refractivity (Wildman–Crippen MR) is 153 cm³/mol. The van der Waals surface area contributed by atoms with Crippen LogP contribution < -0.4 is 14.4 Å². The smallest absolute Gasteiger partial charge is 0.264 e. The van der Waals surface area contributed by atoms with E-state index in [2.05, 4.69) is 5.32 Å². The molecule has 0 aliphatic rings. The first-order valence-electron chi connectivity index (χ1n) is 12.9. The third-order valence-corrected chi connectivity index (χ3v) is 8.46. The number of ether oxygens (including phenoxy) is 1. The molecule has 1 unspecified atom stereocenters. The van der Waals surface area contributed by atoms with Crippen molar-refractivity contribution >= 4 is 27.5 Å². The fourth-order valence-electron chi connectivity index (χ4n) is 4.14. The van der Waals surface area contributed by atoms with Crippen LogP contribution in [0, 0.1) is 13.8 Å². The molecule has 2 amide bonds. The number of nitrogens with zero attached hydrogens (tertiary/aromatic N) is 2. The van der Waals surface area contributed by atoms with E-state index < -0.39 is 28.5 Å². The van der Waals surface area contributed by atoms with Crippen LogP contribution in [0.3, 0.4) is 0 Å². The lowest BCUT2D eigenvalue weighted by Gasteiger charge is -2.32. The molecule has 0 spiro atoms. The second-order valence-corrected chi connectivity index (χ2v) is 11.2. The fraction of sp³-hybridized carbons (Fsp3) is 0.333. The van der Waals surface area contributed by atoms with Crippen LogP contribution in [0.1, 0.15) is 37.0 Å². The van der Waals surface area contributed by atoms with Crippen LogP contribution in [0.15, 0.2) is 77.7 Å². The highest BCUT2D eigenvalue weighted by atomic mass is 32.2. The molecule has 0 aromatic heterocycles. The van der Waals surface area contributed by atoms with E-state index in [-0.39, 0.29) is 17.3 Å². The van der Waals surface area contributed by atoms with Gasteiger partial charge in [0.15, 0.2) is 0 Å². The number of amides is 2. The number of benzene rings is 3. The monoisotopic (exact) mass is 551 g/mol. The van der Waals surface area contributed by atoms with E-state index in [0.717, 1.165) is 27.4 Å². The molecule has 0 saturated carbocycles. The molecule has 8 nitrogen and oxygen atoms in total. The zero-order valence-electron chi connectivity index (χ0n) is 23.2. The number of nitrogens with one attached hydrogen (secondary N) is 1. The van der Waals surface area contributed by atoms with Gasteiger partial charge in [-0.3, -0.25) is 13.9 Å². The molecule has 3 aromatic rings. The molecule has 0 aliphatic heterocycles. The molecule has 0 aliphatic carbocycles. The van der Waals surface area contributed by atoms with Crippen LogP contribution in [0.25, 0.3) is 0 Å². The quantitative estimate of drug-likeness (QED) is 0.359. The van der Waals surface area contributed by atoms with Gasteiger partial charge in [0.1, 0.15) is 18.3 Å². The molecule has 1 N–H and O–H groups in total. The van der Waals surface area contributed by atoms with Crippen molar-refractivity contribution in [2.24, 2.45) is 0 Å². The van der Waals surface area contributed by atoms with Crippen molar-refractivity contribution in [3.8, 4) is 5.75 Å². The second kappa shape index (κ2) is 13.3. The summed E-state index contributed by atoms with van der Waals surface area (Å²) in [4.78, 5) is 28.4. The molecule has 1 atom stereocenters. The van der Waals surface area contributed by atoms with Crippen LogP contribution in [0.5, 0.6) is 5.75 Å². The highest BCUT2D eigenvalue weighted by Gasteiger charge is 2.33. The van der Waals surface area contributed by atoms with Crippen LogP contribution in [-0.4, -0.2) is 51.4 Å². The first kappa shape index (κ1) is 29.7.